The number of amides is 2. The molecular formula is C21H26ClFN2O4. The number of carbonyl (C=O) groups is 3. The molecule has 2 aliphatic rings. The standard InChI is InChI=1S/C21H26ClFN2O4/c1-12-4-3-5-18(13(12)2)25-10-14(8-20(25)27)21(28)29-11-19(26)24-17-9-15(22)6-7-16(17)23/h6-7,9,12-14,18H,3-5,8,10-11H2,1-2H3,(H,24,26)/t12-,13-,14-,18-/m1/s1. The van der Waals surface area contributed by atoms with E-state index in [9.17, 15) is 18.8 Å². The van der Waals surface area contributed by atoms with Crippen LogP contribution in [-0.2, 0) is 19.1 Å². The number of rotatable bonds is 5. The van der Waals surface area contributed by atoms with Crippen molar-refractivity contribution in [2.75, 3.05) is 18.5 Å². The van der Waals surface area contributed by atoms with Gasteiger partial charge in [-0.1, -0.05) is 38.3 Å². The smallest absolute Gasteiger partial charge is 0.311 e. The number of carbonyl (C=O) groups excluding carboxylic acids is 3. The van der Waals surface area contributed by atoms with E-state index in [-0.39, 0.29) is 29.1 Å². The van der Waals surface area contributed by atoms with Gasteiger partial charge in [0.25, 0.3) is 5.91 Å². The van der Waals surface area contributed by atoms with Gasteiger partial charge < -0.3 is 15.0 Å². The third-order valence-electron chi connectivity index (χ3n) is 6.10. The highest BCUT2D eigenvalue weighted by Gasteiger charge is 2.42. The average Bonchev–Trinajstić information content (AvgIpc) is 3.06. The first-order valence-electron chi connectivity index (χ1n) is 9.97. The summed E-state index contributed by atoms with van der Waals surface area (Å²) in [6.45, 7) is 4.13. The lowest BCUT2D eigenvalue weighted by Gasteiger charge is -2.39. The first-order chi connectivity index (χ1) is 13.8. The molecule has 1 aromatic rings. The molecule has 0 unspecified atom stereocenters. The fourth-order valence-corrected chi connectivity index (χ4v) is 4.41. The molecule has 0 radical (unpaired) electrons. The Labute approximate surface area is 174 Å². The van der Waals surface area contributed by atoms with Crippen molar-refractivity contribution in [1.82, 2.24) is 4.90 Å². The van der Waals surface area contributed by atoms with Crippen LogP contribution < -0.4 is 5.32 Å². The lowest BCUT2D eigenvalue weighted by Crippen LogP contribution is -2.45. The van der Waals surface area contributed by atoms with Gasteiger partial charge in [0, 0.05) is 24.0 Å². The summed E-state index contributed by atoms with van der Waals surface area (Å²) in [6, 6.07) is 3.92. The summed E-state index contributed by atoms with van der Waals surface area (Å²) < 4.78 is 18.7. The molecule has 2 amide bonds. The van der Waals surface area contributed by atoms with Gasteiger partial charge in [-0.3, -0.25) is 14.4 Å². The minimum absolute atomic E-state index is 0.0386. The highest BCUT2D eigenvalue weighted by molar-refractivity contribution is 6.30. The van der Waals surface area contributed by atoms with Crippen molar-refractivity contribution in [3.05, 3.63) is 29.0 Å². The fraction of sp³-hybridized carbons (Fsp3) is 0.571. The zero-order valence-electron chi connectivity index (χ0n) is 16.6. The molecule has 3 rings (SSSR count). The van der Waals surface area contributed by atoms with Crippen molar-refractivity contribution >= 4 is 35.1 Å². The number of hydrogen-bond donors (Lipinski definition) is 1. The Morgan fingerprint density at radius 3 is 2.83 bits per heavy atom. The van der Waals surface area contributed by atoms with E-state index in [0.717, 1.165) is 25.3 Å². The topological polar surface area (TPSA) is 75.7 Å². The lowest BCUT2D eigenvalue weighted by atomic mass is 9.77. The second kappa shape index (κ2) is 9.11. The van der Waals surface area contributed by atoms with Crippen molar-refractivity contribution in [2.45, 2.75) is 45.6 Å². The summed E-state index contributed by atoms with van der Waals surface area (Å²) in [5, 5.41) is 2.60. The Bertz CT molecular complexity index is 803. The Morgan fingerprint density at radius 1 is 1.31 bits per heavy atom. The number of likely N-dealkylation sites (tertiary alicyclic amines) is 1. The first kappa shape index (κ1) is 21.6. The van der Waals surface area contributed by atoms with Crippen LogP contribution in [0.4, 0.5) is 10.1 Å². The van der Waals surface area contributed by atoms with Crippen molar-refractivity contribution < 1.29 is 23.5 Å². The van der Waals surface area contributed by atoms with Crippen LogP contribution in [-0.4, -0.2) is 41.9 Å². The Balaban J connectivity index is 1.51. The number of nitrogens with zero attached hydrogens (tertiary/aromatic N) is 1. The maximum absolute atomic E-state index is 13.7. The van der Waals surface area contributed by atoms with Crippen molar-refractivity contribution in [3.63, 3.8) is 0 Å². The van der Waals surface area contributed by atoms with Gasteiger partial charge in [-0.15, -0.1) is 0 Å². The van der Waals surface area contributed by atoms with Gasteiger partial charge in [0.05, 0.1) is 11.6 Å². The molecule has 6 nitrogen and oxygen atoms in total. The van der Waals surface area contributed by atoms with E-state index in [0.29, 0.717) is 18.4 Å². The summed E-state index contributed by atoms with van der Waals surface area (Å²) in [7, 11) is 0. The Hall–Kier alpha value is -2.15. The lowest BCUT2D eigenvalue weighted by molar-refractivity contribution is -0.151. The van der Waals surface area contributed by atoms with Gasteiger partial charge in [0.2, 0.25) is 5.91 Å². The molecule has 1 aliphatic carbocycles. The highest BCUT2D eigenvalue weighted by atomic mass is 35.5. The van der Waals surface area contributed by atoms with E-state index < -0.39 is 30.2 Å². The zero-order valence-corrected chi connectivity index (χ0v) is 17.4. The van der Waals surface area contributed by atoms with Crippen LogP contribution in [0.25, 0.3) is 0 Å². The van der Waals surface area contributed by atoms with Crippen LogP contribution in [0, 0.1) is 23.6 Å². The molecule has 0 spiro atoms. The third-order valence-corrected chi connectivity index (χ3v) is 6.34. The van der Waals surface area contributed by atoms with E-state index in [1.807, 2.05) is 4.90 Å². The summed E-state index contributed by atoms with van der Waals surface area (Å²) in [4.78, 5) is 38.6. The molecule has 4 atom stereocenters. The molecule has 29 heavy (non-hydrogen) atoms. The van der Waals surface area contributed by atoms with E-state index in [4.69, 9.17) is 16.3 Å². The number of esters is 1. The Morgan fingerprint density at radius 2 is 2.07 bits per heavy atom. The quantitative estimate of drug-likeness (QED) is 0.732. The predicted octanol–water partition coefficient (Wildman–Crippen LogP) is 3.63. The summed E-state index contributed by atoms with van der Waals surface area (Å²) in [5.74, 6) is -1.58. The molecule has 0 bridgehead atoms. The number of ether oxygens (including phenoxy) is 1. The zero-order chi connectivity index (χ0) is 21.1. The monoisotopic (exact) mass is 424 g/mol. The van der Waals surface area contributed by atoms with E-state index in [2.05, 4.69) is 19.2 Å². The summed E-state index contributed by atoms with van der Waals surface area (Å²) in [6.07, 6.45) is 3.29. The van der Waals surface area contributed by atoms with E-state index in [1.54, 1.807) is 0 Å². The average molecular weight is 425 g/mol. The van der Waals surface area contributed by atoms with Gasteiger partial charge in [-0.05, 0) is 36.5 Å². The molecule has 1 saturated heterocycles. The van der Waals surface area contributed by atoms with Crippen LogP contribution >= 0.6 is 11.6 Å². The minimum atomic E-state index is -0.671. The number of benzene rings is 1. The van der Waals surface area contributed by atoms with Crippen LogP contribution in [0.5, 0.6) is 0 Å². The molecule has 158 valence electrons. The largest absolute Gasteiger partial charge is 0.455 e. The normalized spacial score (nSPS) is 27.0. The molecule has 0 aromatic heterocycles. The number of halogens is 2. The molecule has 1 N–H and O–H groups in total. The van der Waals surface area contributed by atoms with E-state index in [1.165, 1.54) is 12.1 Å². The summed E-state index contributed by atoms with van der Waals surface area (Å²) in [5.41, 5.74) is -0.0822. The van der Waals surface area contributed by atoms with Crippen LogP contribution in [0.15, 0.2) is 18.2 Å². The Kier molecular flexibility index (Phi) is 6.77. The van der Waals surface area contributed by atoms with Gasteiger partial charge in [-0.2, -0.15) is 0 Å². The van der Waals surface area contributed by atoms with Crippen molar-refractivity contribution in [3.8, 4) is 0 Å². The number of nitrogens with one attached hydrogen (secondary N) is 1. The van der Waals surface area contributed by atoms with Crippen molar-refractivity contribution in [2.24, 2.45) is 17.8 Å². The van der Waals surface area contributed by atoms with Crippen LogP contribution in [0.1, 0.15) is 39.5 Å². The van der Waals surface area contributed by atoms with Gasteiger partial charge >= 0.3 is 5.97 Å². The van der Waals surface area contributed by atoms with Gasteiger partial charge in [-0.25, -0.2) is 4.39 Å². The molecule has 1 saturated carbocycles. The number of hydrogen-bond acceptors (Lipinski definition) is 4. The maximum Gasteiger partial charge on any atom is 0.311 e. The molecule has 1 heterocycles. The second-order valence-electron chi connectivity index (χ2n) is 8.06. The third kappa shape index (κ3) is 5.07. The maximum atomic E-state index is 13.7. The minimum Gasteiger partial charge on any atom is -0.455 e. The second-order valence-corrected chi connectivity index (χ2v) is 8.50. The highest BCUT2D eigenvalue weighted by Crippen LogP contribution is 2.35. The van der Waals surface area contributed by atoms with E-state index >= 15 is 0 Å². The predicted molar refractivity (Wildman–Crippen MR) is 107 cm³/mol. The first-order valence-corrected chi connectivity index (χ1v) is 10.3. The van der Waals surface area contributed by atoms with Gasteiger partial charge in [0.15, 0.2) is 6.61 Å². The SMILES string of the molecule is C[C@@H]1[C@H](C)CCC[C@H]1N1C[C@H](C(=O)OCC(=O)Nc2cc(Cl)ccc2F)CC1=O. The fourth-order valence-electron chi connectivity index (χ4n) is 4.24. The van der Waals surface area contributed by atoms with Crippen molar-refractivity contribution in [1.29, 1.82) is 0 Å². The summed E-state index contributed by atoms with van der Waals surface area (Å²) >= 11 is 5.78. The van der Waals surface area contributed by atoms with Crippen LogP contribution in [0.2, 0.25) is 5.02 Å². The number of anilines is 1. The van der Waals surface area contributed by atoms with Crippen LogP contribution in [0.3, 0.4) is 0 Å². The molecule has 2 fully saturated rings. The molecular weight excluding hydrogens is 399 g/mol. The molecule has 1 aliphatic heterocycles. The van der Waals surface area contributed by atoms with Gasteiger partial charge in [0.1, 0.15) is 5.82 Å². The molecule has 1 aromatic carbocycles. The molecule has 8 heteroatoms.